The summed E-state index contributed by atoms with van der Waals surface area (Å²) in [5.74, 6) is 2.08. The lowest BCUT2D eigenvalue weighted by Gasteiger charge is -2.32. The van der Waals surface area contributed by atoms with Gasteiger partial charge in [-0.15, -0.1) is 0 Å². The topological polar surface area (TPSA) is 20.2 Å². The van der Waals surface area contributed by atoms with E-state index in [4.69, 9.17) is 11.6 Å². The molecule has 1 aliphatic heterocycles. The van der Waals surface area contributed by atoms with E-state index in [1.807, 2.05) is 36.0 Å². The van der Waals surface area contributed by atoms with Crippen LogP contribution in [0.1, 0.15) is 18.4 Å². The second kappa shape index (κ2) is 4.13. The molecule has 0 spiro atoms. The molecule has 2 rings (SSSR count). The van der Waals surface area contributed by atoms with Crippen LogP contribution in [0.5, 0.6) is 0 Å². The van der Waals surface area contributed by atoms with Gasteiger partial charge >= 0.3 is 0 Å². The van der Waals surface area contributed by atoms with Gasteiger partial charge in [-0.25, -0.2) is 0 Å². The minimum atomic E-state index is -0.615. The van der Waals surface area contributed by atoms with Crippen molar-refractivity contribution >= 4 is 23.4 Å². The first kappa shape index (κ1) is 10.3. The van der Waals surface area contributed by atoms with Gasteiger partial charge in [-0.1, -0.05) is 23.7 Å². The lowest BCUT2D eigenvalue weighted by molar-refractivity contribution is 0.0281. The molecule has 0 aromatic heterocycles. The molecule has 1 heterocycles. The van der Waals surface area contributed by atoms with Crippen molar-refractivity contribution in [2.75, 3.05) is 11.5 Å². The zero-order valence-electron chi connectivity index (χ0n) is 7.87. The minimum absolute atomic E-state index is 0.615. The number of rotatable bonds is 1. The quantitative estimate of drug-likeness (QED) is 0.798. The maximum Gasteiger partial charge on any atom is 0.0912 e. The lowest BCUT2D eigenvalue weighted by atomic mass is 9.88. The van der Waals surface area contributed by atoms with Gasteiger partial charge in [-0.3, -0.25) is 0 Å². The molecule has 0 saturated carbocycles. The predicted molar refractivity (Wildman–Crippen MR) is 61.9 cm³/mol. The van der Waals surface area contributed by atoms with E-state index < -0.39 is 5.60 Å². The normalized spacial score (nSPS) is 20.7. The Morgan fingerprint density at radius 3 is 2.29 bits per heavy atom. The maximum absolute atomic E-state index is 10.4. The summed E-state index contributed by atoms with van der Waals surface area (Å²) >= 11 is 7.72. The van der Waals surface area contributed by atoms with Crippen molar-refractivity contribution in [1.29, 1.82) is 0 Å². The Bertz CT molecular complexity index is 304. The number of hydrogen-bond acceptors (Lipinski definition) is 2. The molecule has 0 unspecified atom stereocenters. The van der Waals surface area contributed by atoms with Crippen molar-refractivity contribution in [3.05, 3.63) is 34.9 Å². The highest BCUT2D eigenvalue weighted by Crippen LogP contribution is 2.35. The molecule has 0 radical (unpaired) electrons. The predicted octanol–water partition coefficient (Wildman–Crippen LogP) is 3.05. The van der Waals surface area contributed by atoms with Gasteiger partial charge in [-0.2, -0.15) is 11.8 Å². The van der Waals surface area contributed by atoms with Gasteiger partial charge < -0.3 is 5.11 Å². The van der Waals surface area contributed by atoms with E-state index in [2.05, 4.69) is 0 Å². The van der Waals surface area contributed by atoms with Crippen molar-refractivity contribution in [3.8, 4) is 0 Å². The van der Waals surface area contributed by atoms with Crippen LogP contribution in [0.25, 0.3) is 0 Å². The van der Waals surface area contributed by atoms with Crippen LogP contribution in [0.2, 0.25) is 5.02 Å². The smallest absolute Gasteiger partial charge is 0.0912 e. The summed E-state index contributed by atoms with van der Waals surface area (Å²) in [6.45, 7) is 0. The Balaban J connectivity index is 2.23. The number of aliphatic hydroxyl groups is 1. The molecular formula is C11H13ClOS. The lowest BCUT2D eigenvalue weighted by Crippen LogP contribution is -2.30. The van der Waals surface area contributed by atoms with E-state index in [9.17, 15) is 5.11 Å². The zero-order valence-corrected chi connectivity index (χ0v) is 9.44. The molecular weight excluding hydrogens is 216 g/mol. The molecule has 3 heteroatoms. The average molecular weight is 229 g/mol. The molecule has 1 saturated heterocycles. The van der Waals surface area contributed by atoms with Gasteiger partial charge in [0.15, 0.2) is 0 Å². The molecule has 0 amide bonds. The SMILES string of the molecule is OC1(c2ccc(Cl)cc2)CCSCC1. The molecule has 1 aromatic rings. The first-order valence-corrected chi connectivity index (χ1v) is 6.30. The molecule has 1 aliphatic rings. The standard InChI is InChI=1S/C11H13ClOS/c12-10-3-1-9(2-4-10)11(13)5-7-14-8-6-11/h1-4,13H,5-8H2. The molecule has 0 bridgehead atoms. The Morgan fingerprint density at radius 2 is 1.71 bits per heavy atom. The van der Waals surface area contributed by atoms with E-state index in [0.717, 1.165) is 34.9 Å². The fraction of sp³-hybridized carbons (Fsp3) is 0.455. The third-order valence-electron chi connectivity index (χ3n) is 2.70. The zero-order chi connectivity index (χ0) is 10.0. The van der Waals surface area contributed by atoms with Crippen LogP contribution in [0.15, 0.2) is 24.3 Å². The van der Waals surface area contributed by atoms with Crippen molar-refractivity contribution in [2.45, 2.75) is 18.4 Å². The van der Waals surface area contributed by atoms with Gasteiger partial charge in [0.25, 0.3) is 0 Å². The Kier molecular flexibility index (Phi) is 3.05. The van der Waals surface area contributed by atoms with Crippen LogP contribution in [0.4, 0.5) is 0 Å². The summed E-state index contributed by atoms with van der Waals surface area (Å²) in [6, 6.07) is 7.55. The highest BCUT2D eigenvalue weighted by atomic mass is 35.5. The fourth-order valence-corrected chi connectivity index (χ4v) is 3.05. The summed E-state index contributed by atoms with van der Waals surface area (Å²) in [6.07, 6.45) is 1.69. The highest BCUT2D eigenvalue weighted by Gasteiger charge is 2.31. The van der Waals surface area contributed by atoms with Gasteiger partial charge in [0, 0.05) is 5.02 Å². The summed E-state index contributed by atoms with van der Waals surface area (Å²) < 4.78 is 0. The van der Waals surface area contributed by atoms with Crippen LogP contribution in [0.3, 0.4) is 0 Å². The van der Waals surface area contributed by atoms with E-state index in [1.54, 1.807) is 0 Å². The molecule has 1 nitrogen and oxygen atoms in total. The molecule has 0 atom stereocenters. The Morgan fingerprint density at radius 1 is 1.14 bits per heavy atom. The maximum atomic E-state index is 10.4. The van der Waals surface area contributed by atoms with Crippen molar-refractivity contribution in [1.82, 2.24) is 0 Å². The first-order valence-electron chi connectivity index (χ1n) is 4.77. The van der Waals surface area contributed by atoms with Crippen molar-refractivity contribution in [2.24, 2.45) is 0 Å². The number of benzene rings is 1. The van der Waals surface area contributed by atoms with Gasteiger partial charge in [-0.05, 0) is 42.0 Å². The van der Waals surface area contributed by atoms with E-state index >= 15 is 0 Å². The van der Waals surface area contributed by atoms with Crippen LogP contribution in [-0.4, -0.2) is 16.6 Å². The third kappa shape index (κ3) is 2.08. The van der Waals surface area contributed by atoms with Gasteiger partial charge in [0.1, 0.15) is 0 Å². The van der Waals surface area contributed by atoms with Gasteiger partial charge in [0.05, 0.1) is 5.60 Å². The molecule has 14 heavy (non-hydrogen) atoms. The minimum Gasteiger partial charge on any atom is -0.385 e. The van der Waals surface area contributed by atoms with Crippen LogP contribution in [-0.2, 0) is 5.60 Å². The van der Waals surface area contributed by atoms with Crippen LogP contribution < -0.4 is 0 Å². The second-order valence-corrected chi connectivity index (χ2v) is 5.31. The molecule has 1 aromatic carbocycles. The van der Waals surface area contributed by atoms with E-state index in [-0.39, 0.29) is 0 Å². The Hall–Kier alpha value is -0.180. The van der Waals surface area contributed by atoms with Crippen LogP contribution >= 0.6 is 23.4 Å². The van der Waals surface area contributed by atoms with Crippen molar-refractivity contribution in [3.63, 3.8) is 0 Å². The molecule has 1 fully saturated rings. The average Bonchev–Trinajstić information content (AvgIpc) is 2.19. The second-order valence-electron chi connectivity index (χ2n) is 3.65. The Labute approximate surface area is 93.5 Å². The number of halogens is 1. The summed E-state index contributed by atoms with van der Waals surface area (Å²) in [7, 11) is 0. The molecule has 76 valence electrons. The van der Waals surface area contributed by atoms with Crippen molar-refractivity contribution < 1.29 is 5.11 Å². The number of hydrogen-bond donors (Lipinski definition) is 1. The highest BCUT2D eigenvalue weighted by molar-refractivity contribution is 7.99. The van der Waals surface area contributed by atoms with E-state index in [1.165, 1.54) is 0 Å². The first-order chi connectivity index (χ1) is 6.71. The molecule has 0 aliphatic carbocycles. The third-order valence-corrected chi connectivity index (χ3v) is 3.94. The summed E-state index contributed by atoms with van der Waals surface area (Å²) in [5.41, 5.74) is 0.387. The van der Waals surface area contributed by atoms with Crippen LogP contribution in [0, 0.1) is 0 Å². The summed E-state index contributed by atoms with van der Waals surface area (Å²) in [4.78, 5) is 0. The largest absolute Gasteiger partial charge is 0.385 e. The molecule has 1 N–H and O–H groups in total. The number of thioether (sulfide) groups is 1. The van der Waals surface area contributed by atoms with Gasteiger partial charge in [0.2, 0.25) is 0 Å². The monoisotopic (exact) mass is 228 g/mol. The fourth-order valence-electron chi connectivity index (χ4n) is 1.76. The van der Waals surface area contributed by atoms with E-state index in [0.29, 0.717) is 0 Å². The summed E-state index contributed by atoms with van der Waals surface area (Å²) in [5, 5.41) is 11.1.